The zero-order chi connectivity index (χ0) is 59.8. The van der Waals surface area contributed by atoms with E-state index in [-0.39, 0.29) is 19.1 Å². The highest BCUT2D eigenvalue weighted by Crippen LogP contribution is 2.43. The van der Waals surface area contributed by atoms with E-state index in [1.54, 1.807) is 6.08 Å². The van der Waals surface area contributed by atoms with Gasteiger partial charge in [0.1, 0.15) is 13.2 Å². The van der Waals surface area contributed by atoms with Gasteiger partial charge in [-0.1, -0.05) is 310 Å². The number of nitrogens with one attached hydrogen (secondary N) is 1. The number of hydrogen-bond acceptors (Lipinski definition) is 5. The Bertz CT molecular complexity index is 1660. The first kappa shape index (κ1) is 79.4. The molecular weight excluding hydrogens is 1030 g/mol. The van der Waals surface area contributed by atoms with Crippen molar-refractivity contribution in [1.82, 2.24) is 5.32 Å². The van der Waals surface area contributed by atoms with Crippen molar-refractivity contribution in [2.75, 3.05) is 40.9 Å². The summed E-state index contributed by atoms with van der Waals surface area (Å²) in [7, 11) is 1.55. The average molecular weight is 1170 g/mol. The molecule has 3 N–H and O–H groups in total. The molecule has 0 saturated heterocycles. The molecule has 0 aliphatic rings. The summed E-state index contributed by atoms with van der Waals surface area (Å²) in [5.41, 5.74) is 0. The van der Waals surface area contributed by atoms with Crippen LogP contribution in [0.5, 0.6) is 0 Å². The number of aliphatic hydroxyl groups excluding tert-OH is 1. The van der Waals surface area contributed by atoms with Crippen molar-refractivity contribution in [3.8, 4) is 0 Å². The van der Waals surface area contributed by atoms with Crippen molar-refractivity contribution >= 4 is 13.7 Å². The summed E-state index contributed by atoms with van der Waals surface area (Å²) in [6.07, 6.45) is 91.3. The Morgan fingerprint density at radius 2 is 0.744 bits per heavy atom. The number of likely N-dealkylation sites (N-methyl/N-ethyl adjacent to an activating group) is 1. The smallest absolute Gasteiger partial charge is 0.387 e. The van der Waals surface area contributed by atoms with Crippen LogP contribution in [0.25, 0.3) is 0 Å². The lowest BCUT2D eigenvalue weighted by atomic mass is 10.0. The lowest BCUT2D eigenvalue weighted by molar-refractivity contribution is -0.870. The maximum Gasteiger partial charge on any atom is 0.472 e. The van der Waals surface area contributed by atoms with Crippen molar-refractivity contribution in [3.63, 3.8) is 0 Å². The first-order valence-corrected chi connectivity index (χ1v) is 36.1. The first-order chi connectivity index (χ1) is 40.0. The van der Waals surface area contributed by atoms with Gasteiger partial charge in [0.15, 0.2) is 0 Å². The Balaban J connectivity index is 4.10. The van der Waals surface area contributed by atoms with Crippen molar-refractivity contribution < 1.29 is 32.9 Å². The van der Waals surface area contributed by atoms with Crippen LogP contribution in [0.1, 0.15) is 309 Å². The normalized spacial score (nSPS) is 14.3. The summed E-state index contributed by atoms with van der Waals surface area (Å²) < 4.78 is 23.8. The van der Waals surface area contributed by atoms with Crippen LogP contribution in [0.4, 0.5) is 0 Å². The van der Waals surface area contributed by atoms with Crippen LogP contribution in [-0.4, -0.2) is 73.4 Å². The molecule has 9 heteroatoms. The monoisotopic (exact) mass is 1170 g/mol. The van der Waals surface area contributed by atoms with E-state index in [0.29, 0.717) is 17.4 Å². The third kappa shape index (κ3) is 65.0. The molecule has 0 saturated carbocycles. The fraction of sp³-hybridized carbons (Fsp3) is 0.767. The Morgan fingerprint density at radius 3 is 1.12 bits per heavy atom. The topological polar surface area (TPSA) is 105 Å². The van der Waals surface area contributed by atoms with Gasteiger partial charge in [-0.2, -0.15) is 0 Å². The number of phosphoric ester groups is 1. The van der Waals surface area contributed by atoms with Gasteiger partial charge in [-0.3, -0.25) is 13.8 Å². The summed E-state index contributed by atoms with van der Waals surface area (Å²) in [6.45, 7) is 4.70. The van der Waals surface area contributed by atoms with E-state index in [9.17, 15) is 19.4 Å². The number of carbonyl (C=O) groups is 1. The molecule has 1 amide bonds. The second kappa shape index (κ2) is 62.9. The fourth-order valence-corrected chi connectivity index (χ4v) is 10.7. The highest BCUT2D eigenvalue weighted by molar-refractivity contribution is 7.47. The number of hydrogen-bond donors (Lipinski definition) is 3. The Labute approximate surface area is 509 Å². The molecule has 0 radical (unpaired) electrons. The van der Waals surface area contributed by atoms with Gasteiger partial charge in [-0.05, 0) is 89.9 Å². The molecule has 0 fully saturated rings. The van der Waals surface area contributed by atoms with Crippen molar-refractivity contribution in [3.05, 3.63) is 97.2 Å². The number of phosphoric acid groups is 1. The summed E-state index contributed by atoms with van der Waals surface area (Å²) in [6, 6.07) is -0.875. The Kier molecular flexibility index (Phi) is 61.0. The molecule has 82 heavy (non-hydrogen) atoms. The molecule has 0 aliphatic carbocycles. The lowest BCUT2D eigenvalue weighted by Gasteiger charge is -2.25. The van der Waals surface area contributed by atoms with Gasteiger partial charge >= 0.3 is 7.82 Å². The minimum atomic E-state index is -4.37. The molecule has 3 atom stereocenters. The van der Waals surface area contributed by atoms with E-state index in [1.165, 1.54) is 212 Å². The zero-order valence-corrected chi connectivity index (χ0v) is 55.4. The van der Waals surface area contributed by atoms with Crippen LogP contribution in [0.3, 0.4) is 0 Å². The number of allylic oxidation sites excluding steroid dienone is 15. The minimum absolute atomic E-state index is 0.0515. The zero-order valence-electron chi connectivity index (χ0n) is 54.5. The van der Waals surface area contributed by atoms with Crippen LogP contribution in [0, 0.1) is 0 Å². The number of rotatable bonds is 63. The fourth-order valence-electron chi connectivity index (χ4n) is 9.93. The van der Waals surface area contributed by atoms with Crippen molar-refractivity contribution in [1.29, 1.82) is 0 Å². The summed E-state index contributed by atoms with van der Waals surface area (Å²) in [5, 5.41) is 14.0. The molecule has 476 valence electrons. The molecule has 0 aromatic rings. The number of nitrogens with zero attached hydrogens (tertiary/aromatic N) is 1. The van der Waals surface area contributed by atoms with Gasteiger partial charge in [0, 0.05) is 6.42 Å². The third-order valence-corrected chi connectivity index (χ3v) is 16.2. The number of aliphatic hydroxyl groups is 1. The largest absolute Gasteiger partial charge is 0.472 e. The molecule has 0 aromatic carbocycles. The van der Waals surface area contributed by atoms with Gasteiger partial charge in [0.25, 0.3) is 0 Å². The van der Waals surface area contributed by atoms with Gasteiger partial charge in [0.05, 0.1) is 39.9 Å². The quantitative estimate of drug-likeness (QED) is 0.0243. The van der Waals surface area contributed by atoms with Crippen LogP contribution in [0.15, 0.2) is 97.2 Å². The summed E-state index contributed by atoms with van der Waals surface area (Å²) >= 11 is 0. The van der Waals surface area contributed by atoms with Gasteiger partial charge < -0.3 is 19.8 Å². The second-order valence-corrected chi connectivity index (χ2v) is 26.0. The van der Waals surface area contributed by atoms with E-state index in [0.717, 1.165) is 77.0 Å². The van der Waals surface area contributed by atoms with Crippen LogP contribution in [0.2, 0.25) is 0 Å². The lowest BCUT2D eigenvalue weighted by Crippen LogP contribution is -2.45. The first-order valence-electron chi connectivity index (χ1n) is 34.6. The predicted octanol–water partition coefficient (Wildman–Crippen LogP) is 22.1. The van der Waals surface area contributed by atoms with Crippen LogP contribution in [-0.2, 0) is 18.4 Å². The minimum Gasteiger partial charge on any atom is -0.387 e. The van der Waals surface area contributed by atoms with E-state index >= 15 is 0 Å². The number of unbranched alkanes of at least 4 members (excludes halogenated alkanes) is 36. The molecule has 0 heterocycles. The van der Waals surface area contributed by atoms with Crippen molar-refractivity contribution in [2.24, 2.45) is 0 Å². The van der Waals surface area contributed by atoms with Crippen molar-refractivity contribution in [2.45, 2.75) is 321 Å². The second-order valence-electron chi connectivity index (χ2n) is 24.5. The molecule has 0 spiro atoms. The van der Waals surface area contributed by atoms with E-state index < -0.39 is 20.0 Å². The highest BCUT2D eigenvalue weighted by Gasteiger charge is 2.28. The number of carbonyl (C=O) groups excluding carboxylic acids is 1. The maximum atomic E-state index is 13.0. The standard InChI is InChI=1S/C73H133N2O6P/c1-6-8-10-12-14-16-18-20-22-24-26-28-30-32-33-34-35-36-37-38-39-40-41-43-45-47-49-51-53-55-57-59-61-63-65-67-73(77)74-71(70-81-82(78,79)80-69-68-75(3,4)5)72(76)66-64-62-60-58-56-54-52-50-48-46-44-42-31-29-27-25-23-21-19-17-15-13-11-9-7-2/h8,10,14,16,20,22,26,28,32-33,48,50,56,58,64,66,71-72,76H,6-7,9,11-13,15,17-19,21,23-25,27,29-31,34-47,49,51-55,57,59-63,65,67-70H2,1-5H3,(H-,74,77,78,79)/p+1/b10-8-,16-14-,22-20-,28-26-,33-32-,50-48+,58-56+,66-64+. The molecule has 3 unspecified atom stereocenters. The van der Waals surface area contributed by atoms with Crippen LogP contribution < -0.4 is 5.32 Å². The van der Waals surface area contributed by atoms with Crippen LogP contribution >= 0.6 is 7.82 Å². The molecule has 0 aliphatic heterocycles. The SMILES string of the molecule is CC/C=C\C/C=C\C/C=C\C/C=C\C/C=C\CCCCCCCCCCCCCCCCCCCCCC(=O)NC(COP(=O)(O)OCC[N+](C)(C)C)C(O)/C=C/CC/C=C/CC/C=C/CCCCCCCCCCCCCCCCC. The molecular formula is C73H134N2O6P+. The molecule has 8 nitrogen and oxygen atoms in total. The van der Waals surface area contributed by atoms with Gasteiger partial charge in [0.2, 0.25) is 5.91 Å². The average Bonchev–Trinajstić information content (AvgIpc) is 3.45. The number of quaternary nitrogens is 1. The number of amides is 1. The predicted molar refractivity (Wildman–Crippen MR) is 359 cm³/mol. The highest BCUT2D eigenvalue weighted by atomic mass is 31.2. The summed E-state index contributed by atoms with van der Waals surface area (Å²) in [5.74, 6) is -0.189. The maximum absolute atomic E-state index is 13.0. The van der Waals surface area contributed by atoms with Gasteiger partial charge in [-0.15, -0.1) is 0 Å². The third-order valence-electron chi connectivity index (χ3n) is 15.3. The van der Waals surface area contributed by atoms with E-state index in [4.69, 9.17) is 9.05 Å². The Hall–Kier alpha value is -2.58. The summed E-state index contributed by atoms with van der Waals surface area (Å²) in [4.78, 5) is 23.4. The van der Waals surface area contributed by atoms with Gasteiger partial charge in [-0.25, -0.2) is 4.57 Å². The van der Waals surface area contributed by atoms with E-state index in [1.807, 2.05) is 27.2 Å². The molecule has 0 rings (SSSR count). The van der Waals surface area contributed by atoms with E-state index in [2.05, 4.69) is 104 Å². The molecule has 0 aromatic heterocycles. The Morgan fingerprint density at radius 1 is 0.427 bits per heavy atom. The molecule has 0 bridgehead atoms.